The molecular formula is C14H32N4. The topological polar surface area (TPSA) is 30.5 Å². The average Bonchev–Trinajstić information content (AvgIpc) is 2.41. The van der Waals surface area contributed by atoms with Crippen LogP contribution < -0.4 is 10.6 Å². The van der Waals surface area contributed by atoms with E-state index in [9.17, 15) is 0 Å². The fourth-order valence-electron chi connectivity index (χ4n) is 2.44. The molecule has 1 saturated heterocycles. The molecule has 18 heavy (non-hydrogen) atoms. The van der Waals surface area contributed by atoms with Gasteiger partial charge in [0.2, 0.25) is 0 Å². The number of likely N-dealkylation sites (N-methyl/N-ethyl adjacent to an activating group) is 2. The van der Waals surface area contributed by atoms with Crippen LogP contribution in [0.25, 0.3) is 0 Å². The Hall–Kier alpha value is -0.160. The molecule has 0 atom stereocenters. The molecule has 0 unspecified atom stereocenters. The van der Waals surface area contributed by atoms with Gasteiger partial charge in [0.1, 0.15) is 0 Å². The minimum absolute atomic E-state index is 1.13. The van der Waals surface area contributed by atoms with Crippen LogP contribution in [0.1, 0.15) is 26.7 Å². The van der Waals surface area contributed by atoms with Crippen molar-refractivity contribution in [3.63, 3.8) is 0 Å². The van der Waals surface area contributed by atoms with Crippen LogP contribution in [0.15, 0.2) is 0 Å². The van der Waals surface area contributed by atoms with Gasteiger partial charge in [0.15, 0.2) is 0 Å². The van der Waals surface area contributed by atoms with Gasteiger partial charge in [-0.25, -0.2) is 0 Å². The molecule has 0 saturated carbocycles. The SMILES string of the molecule is CCN1CCCNCCN(CC)CCCNCC1. The summed E-state index contributed by atoms with van der Waals surface area (Å²) in [6.45, 7) is 16.3. The monoisotopic (exact) mass is 256 g/mol. The van der Waals surface area contributed by atoms with Gasteiger partial charge >= 0.3 is 0 Å². The van der Waals surface area contributed by atoms with Gasteiger partial charge < -0.3 is 20.4 Å². The zero-order chi connectivity index (χ0) is 13.1. The maximum Gasteiger partial charge on any atom is 0.0107 e. The van der Waals surface area contributed by atoms with E-state index in [1.807, 2.05) is 0 Å². The van der Waals surface area contributed by atoms with E-state index in [1.54, 1.807) is 0 Å². The van der Waals surface area contributed by atoms with E-state index in [2.05, 4.69) is 34.3 Å². The Labute approximate surface area is 113 Å². The van der Waals surface area contributed by atoms with Crippen LogP contribution in [-0.2, 0) is 0 Å². The smallest absolute Gasteiger partial charge is 0.0107 e. The molecule has 0 aromatic heterocycles. The van der Waals surface area contributed by atoms with Gasteiger partial charge in [0, 0.05) is 26.2 Å². The quantitative estimate of drug-likeness (QED) is 0.758. The first-order chi connectivity index (χ1) is 8.86. The molecule has 4 heteroatoms. The lowest BCUT2D eigenvalue weighted by atomic mass is 10.3. The summed E-state index contributed by atoms with van der Waals surface area (Å²) in [5.74, 6) is 0. The molecule has 2 N–H and O–H groups in total. The lowest BCUT2D eigenvalue weighted by molar-refractivity contribution is 0.261. The van der Waals surface area contributed by atoms with E-state index in [1.165, 1.54) is 52.1 Å². The Bertz CT molecular complexity index is 151. The van der Waals surface area contributed by atoms with Crippen molar-refractivity contribution >= 4 is 0 Å². The molecule has 1 rings (SSSR count). The zero-order valence-corrected chi connectivity index (χ0v) is 12.4. The predicted octanol–water partition coefficient (Wildman–Crippen LogP) is 0.603. The van der Waals surface area contributed by atoms with Crippen molar-refractivity contribution < 1.29 is 0 Å². The highest BCUT2D eigenvalue weighted by molar-refractivity contribution is 4.64. The van der Waals surface area contributed by atoms with Crippen LogP contribution in [0, 0.1) is 0 Å². The van der Waals surface area contributed by atoms with E-state index in [0.29, 0.717) is 0 Å². The average molecular weight is 256 g/mol. The van der Waals surface area contributed by atoms with Gasteiger partial charge in [-0.3, -0.25) is 0 Å². The molecule has 0 aromatic carbocycles. The van der Waals surface area contributed by atoms with Crippen LogP contribution in [0.2, 0.25) is 0 Å². The highest BCUT2D eigenvalue weighted by Crippen LogP contribution is 1.93. The van der Waals surface area contributed by atoms with Crippen molar-refractivity contribution in [3.8, 4) is 0 Å². The number of hydrogen-bond acceptors (Lipinski definition) is 4. The summed E-state index contributed by atoms with van der Waals surface area (Å²) in [7, 11) is 0. The first-order valence-electron chi connectivity index (χ1n) is 7.73. The fraction of sp³-hybridized carbons (Fsp3) is 1.00. The standard InChI is InChI=1S/C14H32N4/c1-3-17-11-5-7-16-10-14-18(4-2)12-6-8-15-9-13-17/h15-16H,3-14H2,1-2H3. The Morgan fingerprint density at radius 3 is 1.50 bits per heavy atom. The van der Waals surface area contributed by atoms with Crippen molar-refractivity contribution in [2.75, 3.05) is 65.4 Å². The summed E-state index contributed by atoms with van der Waals surface area (Å²) in [6, 6.07) is 0. The van der Waals surface area contributed by atoms with Gasteiger partial charge in [0.05, 0.1) is 0 Å². The third kappa shape index (κ3) is 7.31. The molecule has 0 aliphatic carbocycles. The largest absolute Gasteiger partial charge is 0.315 e. The molecular weight excluding hydrogens is 224 g/mol. The molecule has 108 valence electrons. The summed E-state index contributed by atoms with van der Waals surface area (Å²) < 4.78 is 0. The van der Waals surface area contributed by atoms with Crippen molar-refractivity contribution in [1.82, 2.24) is 20.4 Å². The van der Waals surface area contributed by atoms with Crippen LogP contribution in [0.5, 0.6) is 0 Å². The second-order valence-electron chi connectivity index (χ2n) is 5.08. The maximum absolute atomic E-state index is 3.56. The van der Waals surface area contributed by atoms with Crippen LogP contribution in [-0.4, -0.2) is 75.2 Å². The molecule has 0 bridgehead atoms. The second kappa shape index (κ2) is 10.7. The molecule has 0 spiro atoms. The number of rotatable bonds is 2. The lowest BCUT2D eigenvalue weighted by Gasteiger charge is -2.23. The normalized spacial score (nSPS) is 23.7. The van der Waals surface area contributed by atoms with E-state index < -0.39 is 0 Å². The predicted molar refractivity (Wildman–Crippen MR) is 79.2 cm³/mol. The van der Waals surface area contributed by atoms with E-state index >= 15 is 0 Å². The molecule has 4 nitrogen and oxygen atoms in total. The minimum Gasteiger partial charge on any atom is -0.315 e. The molecule has 0 aromatic rings. The Morgan fingerprint density at radius 2 is 1.11 bits per heavy atom. The number of nitrogens with zero attached hydrogens (tertiary/aromatic N) is 2. The highest BCUT2D eigenvalue weighted by Gasteiger charge is 2.04. The zero-order valence-electron chi connectivity index (χ0n) is 12.4. The number of nitrogens with one attached hydrogen (secondary N) is 2. The van der Waals surface area contributed by atoms with Crippen molar-refractivity contribution in [2.45, 2.75) is 26.7 Å². The van der Waals surface area contributed by atoms with Crippen molar-refractivity contribution in [3.05, 3.63) is 0 Å². The van der Waals surface area contributed by atoms with E-state index in [4.69, 9.17) is 0 Å². The number of hydrogen-bond donors (Lipinski definition) is 2. The second-order valence-corrected chi connectivity index (χ2v) is 5.08. The first kappa shape index (κ1) is 15.9. The van der Waals surface area contributed by atoms with Gasteiger partial charge in [-0.1, -0.05) is 13.8 Å². The fourth-order valence-corrected chi connectivity index (χ4v) is 2.44. The van der Waals surface area contributed by atoms with Crippen LogP contribution >= 0.6 is 0 Å². The molecule has 0 radical (unpaired) electrons. The van der Waals surface area contributed by atoms with Gasteiger partial charge in [-0.05, 0) is 52.1 Å². The van der Waals surface area contributed by atoms with Crippen LogP contribution in [0.3, 0.4) is 0 Å². The molecule has 1 fully saturated rings. The lowest BCUT2D eigenvalue weighted by Crippen LogP contribution is -2.38. The molecule has 1 heterocycles. The van der Waals surface area contributed by atoms with Gasteiger partial charge in [0.25, 0.3) is 0 Å². The Morgan fingerprint density at radius 1 is 0.667 bits per heavy atom. The third-order valence-corrected chi connectivity index (χ3v) is 3.76. The van der Waals surface area contributed by atoms with Gasteiger partial charge in [-0.2, -0.15) is 0 Å². The summed E-state index contributed by atoms with van der Waals surface area (Å²) in [4.78, 5) is 5.08. The molecule has 1 aliphatic heterocycles. The van der Waals surface area contributed by atoms with Crippen LogP contribution in [0.4, 0.5) is 0 Å². The summed E-state index contributed by atoms with van der Waals surface area (Å²) >= 11 is 0. The van der Waals surface area contributed by atoms with E-state index in [-0.39, 0.29) is 0 Å². The minimum atomic E-state index is 1.13. The van der Waals surface area contributed by atoms with E-state index in [0.717, 1.165) is 26.2 Å². The van der Waals surface area contributed by atoms with Gasteiger partial charge in [-0.15, -0.1) is 0 Å². The Kier molecular flexibility index (Phi) is 9.48. The van der Waals surface area contributed by atoms with Crippen molar-refractivity contribution in [2.24, 2.45) is 0 Å². The molecule has 0 amide bonds. The maximum atomic E-state index is 3.56. The summed E-state index contributed by atoms with van der Waals surface area (Å²) in [6.07, 6.45) is 2.53. The summed E-state index contributed by atoms with van der Waals surface area (Å²) in [5, 5.41) is 7.13. The third-order valence-electron chi connectivity index (χ3n) is 3.76. The highest BCUT2D eigenvalue weighted by atomic mass is 15.1. The molecule has 1 aliphatic rings. The Balaban J connectivity index is 2.26. The summed E-state index contributed by atoms with van der Waals surface area (Å²) in [5.41, 5.74) is 0. The first-order valence-corrected chi connectivity index (χ1v) is 7.73. The van der Waals surface area contributed by atoms with Crippen molar-refractivity contribution in [1.29, 1.82) is 0 Å².